The molecule has 0 spiro atoms. The van der Waals surface area contributed by atoms with Gasteiger partial charge in [0.15, 0.2) is 0 Å². The van der Waals surface area contributed by atoms with E-state index >= 15 is 0 Å². The number of ether oxygens (including phenoxy) is 1. The van der Waals surface area contributed by atoms with Crippen LogP contribution in [0.3, 0.4) is 0 Å². The van der Waals surface area contributed by atoms with Crippen LogP contribution in [0.4, 0.5) is 0 Å². The maximum atomic E-state index is 6.17. The Morgan fingerprint density at radius 3 is 1.41 bits per heavy atom. The lowest BCUT2D eigenvalue weighted by Crippen LogP contribution is -2.55. The van der Waals surface area contributed by atoms with Crippen LogP contribution in [0.1, 0.15) is 62.3 Å². The third-order valence-electron chi connectivity index (χ3n) is 3.11. The van der Waals surface area contributed by atoms with Crippen LogP contribution >= 0.6 is 0 Å². The van der Waals surface area contributed by atoms with E-state index in [2.05, 4.69) is 67.5 Å². The highest BCUT2D eigenvalue weighted by molar-refractivity contribution is 5.82. The van der Waals surface area contributed by atoms with Crippen molar-refractivity contribution in [2.75, 3.05) is 0 Å². The first-order valence-electron chi connectivity index (χ1n) is 6.27. The van der Waals surface area contributed by atoms with Crippen molar-refractivity contribution in [3.63, 3.8) is 0 Å². The molecule has 0 saturated heterocycles. The topological polar surface area (TPSA) is 30.8 Å². The Kier molecular flexibility index (Phi) is 3.06. The van der Waals surface area contributed by atoms with Crippen LogP contribution in [0.25, 0.3) is 0 Å². The average Bonchev–Trinajstić information content (AvgIpc) is 2.43. The minimum absolute atomic E-state index is 0.127. The first-order valence-corrected chi connectivity index (χ1v) is 6.27. The molecule has 0 aromatic carbocycles. The number of nitrogens with zero attached hydrogens (tertiary/aromatic N) is 1. The Balaban J connectivity index is 3.13. The number of hydrogen-bond donors (Lipinski definition) is 0. The van der Waals surface area contributed by atoms with Crippen LogP contribution in [-0.4, -0.2) is 11.7 Å². The first kappa shape index (κ1) is 14.3. The van der Waals surface area contributed by atoms with E-state index in [0.29, 0.717) is 5.90 Å². The number of rotatable bonds is 0. The molecule has 0 radical (unpaired) electrons. The van der Waals surface area contributed by atoms with Gasteiger partial charge in [-0.15, -0.1) is 0 Å². The van der Waals surface area contributed by atoms with Gasteiger partial charge in [-0.25, -0.2) is 0 Å². The third kappa shape index (κ3) is 2.29. The molecule has 0 bridgehead atoms. The summed E-state index contributed by atoms with van der Waals surface area (Å²) in [5, 5.41) is 4.19. The summed E-state index contributed by atoms with van der Waals surface area (Å²) in [6.45, 7) is 19.0. The van der Waals surface area contributed by atoms with Gasteiger partial charge in [0.25, 0.3) is 5.79 Å². The van der Waals surface area contributed by atoms with Gasteiger partial charge in [0.05, 0.1) is 0 Å². The molecule has 0 fully saturated rings. The highest BCUT2D eigenvalue weighted by Crippen LogP contribution is 2.51. The second kappa shape index (κ2) is 3.63. The van der Waals surface area contributed by atoms with Crippen LogP contribution in [0, 0.1) is 16.2 Å². The molecule has 17 heavy (non-hydrogen) atoms. The van der Waals surface area contributed by atoms with E-state index in [1.54, 1.807) is 0 Å². The highest BCUT2D eigenvalue weighted by Gasteiger charge is 2.60. The standard InChI is InChI=1S/C14H27NO2/c1-11(2,3)10-15-17-14(16-10,12(4,5)6)13(7,8)9/h1-9H3. The van der Waals surface area contributed by atoms with Crippen LogP contribution in [0.2, 0.25) is 0 Å². The molecular formula is C14H27NO2. The van der Waals surface area contributed by atoms with E-state index in [-0.39, 0.29) is 16.2 Å². The summed E-state index contributed by atoms with van der Waals surface area (Å²) in [4.78, 5) is 5.77. The molecule has 0 aromatic rings. The van der Waals surface area contributed by atoms with E-state index < -0.39 is 5.79 Å². The van der Waals surface area contributed by atoms with Gasteiger partial charge in [-0.1, -0.05) is 62.3 Å². The average molecular weight is 241 g/mol. The first-order chi connectivity index (χ1) is 7.31. The molecule has 0 unspecified atom stereocenters. The minimum atomic E-state index is -0.706. The van der Waals surface area contributed by atoms with Gasteiger partial charge < -0.3 is 9.57 Å². The van der Waals surface area contributed by atoms with E-state index in [4.69, 9.17) is 9.57 Å². The SMILES string of the molecule is CC(C)(C)C1=NOC(C(C)(C)C)(C(C)(C)C)O1. The third-order valence-corrected chi connectivity index (χ3v) is 3.11. The van der Waals surface area contributed by atoms with Crippen LogP contribution in [-0.2, 0) is 9.57 Å². The smallest absolute Gasteiger partial charge is 0.286 e. The summed E-state index contributed by atoms with van der Waals surface area (Å²) in [6.07, 6.45) is 0. The lowest BCUT2D eigenvalue weighted by molar-refractivity contribution is -0.281. The Hall–Kier alpha value is -0.730. The molecule has 0 amide bonds. The molecule has 1 aliphatic heterocycles. The summed E-state index contributed by atoms with van der Waals surface area (Å²) in [7, 11) is 0. The molecule has 0 aliphatic carbocycles. The van der Waals surface area contributed by atoms with Gasteiger partial charge in [0.1, 0.15) is 0 Å². The lowest BCUT2D eigenvalue weighted by Gasteiger charge is -2.46. The van der Waals surface area contributed by atoms with Gasteiger partial charge in [0.2, 0.25) is 5.90 Å². The lowest BCUT2D eigenvalue weighted by atomic mass is 9.70. The van der Waals surface area contributed by atoms with Crippen LogP contribution in [0.15, 0.2) is 5.16 Å². The van der Waals surface area contributed by atoms with Crippen molar-refractivity contribution in [1.29, 1.82) is 0 Å². The Morgan fingerprint density at radius 1 is 0.824 bits per heavy atom. The van der Waals surface area contributed by atoms with Gasteiger partial charge in [0, 0.05) is 16.2 Å². The van der Waals surface area contributed by atoms with Crippen molar-refractivity contribution in [2.45, 2.75) is 68.1 Å². The molecule has 0 saturated carbocycles. The van der Waals surface area contributed by atoms with Crippen molar-refractivity contribution in [2.24, 2.45) is 21.4 Å². The van der Waals surface area contributed by atoms with Crippen molar-refractivity contribution in [3.8, 4) is 0 Å². The van der Waals surface area contributed by atoms with Gasteiger partial charge in [-0.05, 0) is 5.16 Å². The van der Waals surface area contributed by atoms with E-state index in [1.165, 1.54) is 0 Å². The van der Waals surface area contributed by atoms with Crippen LogP contribution in [0.5, 0.6) is 0 Å². The highest BCUT2D eigenvalue weighted by atomic mass is 16.8. The fourth-order valence-electron chi connectivity index (χ4n) is 2.27. The minimum Gasteiger partial charge on any atom is -0.432 e. The molecular weight excluding hydrogens is 214 g/mol. The monoisotopic (exact) mass is 241 g/mol. The van der Waals surface area contributed by atoms with Crippen LogP contribution < -0.4 is 0 Å². The molecule has 3 nitrogen and oxygen atoms in total. The Bertz CT molecular complexity index is 310. The quantitative estimate of drug-likeness (QED) is 0.637. The largest absolute Gasteiger partial charge is 0.432 e. The molecule has 0 atom stereocenters. The Morgan fingerprint density at radius 2 is 1.24 bits per heavy atom. The summed E-state index contributed by atoms with van der Waals surface area (Å²) < 4.78 is 6.17. The summed E-state index contributed by atoms with van der Waals surface area (Å²) in [5.74, 6) is -0.0230. The molecule has 1 aliphatic rings. The van der Waals surface area contributed by atoms with Crippen molar-refractivity contribution < 1.29 is 9.57 Å². The molecule has 100 valence electrons. The van der Waals surface area contributed by atoms with Gasteiger partial charge in [-0.2, -0.15) is 0 Å². The van der Waals surface area contributed by atoms with Gasteiger partial charge in [-0.3, -0.25) is 0 Å². The van der Waals surface area contributed by atoms with E-state index in [0.717, 1.165) is 0 Å². The van der Waals surface area contributed by atoms with Crippen molar-refractivity contribution in [3.05, 3.63) is 0 Å². The molecule has 0 aromatic heterocycles. The maximum absolute atomic E-state index is 6.17. The molecule has 1 rings (SSSR count). The predicted molar refractivity (Wildman–Crippen MR) is 70.7 cm³/mol. The molecule has 0 N–H and O–H groups in total. The van der Waals surface area contributed by atoms with Gasteiger partial charge >= 0.3 is 0 Å². The van der Waals surface area contributed by atoms with Crippen molar-refractivity contribution in [1.82, 2.24) is 0 Å². The zero-order valence-electron chi connectivity index (χ0n) is 12.8. The van der Waals surface area contributed by atoms with Crippen molar-refractivity contribution >= 4 is 5.90 Å². The van der Waals surface area contributed by atoms with E-state index in [9.17, 15) is 0 Å². The summed E-state index contributed by atoms with van der Waals surface area (Å²) in [5.41, 5.74) is -0.429. The predicted octanol–water partition coefficient (Wildman–Crippen LogP) is 4.18. The summed E-state index contributed by atoms with van der Waals surface area (Å²) >= 11 is 0. The maximum Gasteiger partial charge on any atom is 0.286 e. The second-order valence-electron chi connectivity index (χ2n) is 7.96. The molecule has 1 heterocycles. The normalized spacial score (nSPS) is 20.6. The fourth-order valence-corrected chi connectivity index (χ4v) is 2.27. The zero-order chi connectivity index (χ0) is 13.7. The Labute approximate surface area is 106 Å². The summed E-state index contributed by atoms with van der Waals surface area (Å²) in [6, 6.07) is 0. The zero-order valence-corrected chi connectivity index (χ0v) is 12.8. The number of hydrogen-bond acceptors (Lipinski definition) is 3. The number of oxime groups is 1. The fraction of sp³-hybridized carbons (Fsp3) is 0.929. The van der Waals surface area contributed by atoms with E-state index in [1.807, 2.05) is 0 Å². The molecule has 3 heteroatoms. The second-order valence-corrected chi connectivity index (χ2v) is 7.96.